The third-order valence-corrected chi connectivity index (χ3v) is 2.74. The summed E-state index contributed by atoms with van der Waals surface area (Å²) in [6.07, 6.45) is 0. The molecule has 0 aliphatic rings. The van der Waals surface area contributed by atoms with Gasteiger partial charge in [-0.15, -0.1) is 0 Å². The van der Waals surface area contributed by atoms with Gasteiger partial charge in [0.2, 0.25) is 0 Å². The van der Waals surface area contributed by atoms with Gasteiger partial charge in [0.15, 0.2) is 5.60 Å². The van der Waals surface area contributed by atoms with E-state index in [1.54, 1.807) is 48.5 Å². The van der Waals surface area contributed by atoms with Gasteiger partial charge in [0.25, 0.3) is 5.91 Å². The fraction of sp³-hybridized carbons (Fsp3) is 0.0714. The number of nitrogens with two attached hydrogens (primary N) is 1. The Balaban J connectivity index is 2.59. The zero-order valence-electron chi connectivity index (χ0n) is 9.21. The van der Waals surface area contributed by atoms with Crippen LogP contribution in [0.2, 0.25) is 0 Å². The molecule has 0 saturated carbocycles. The van der Waals surface area contributed by atoms with E-state index in [1.165, 1.54) is 0 Å². The molecule has 0 aromatic heterocycles. The van der Waals surface area contributed by atoms with E-state index in [9.17, 15) is 9.90 Å². The Morgan fingerprint density at radius 1 is 0.882 bits per heavy atom. The van der Waals surface area contributed by atoms with E-state index in [0.29, 0.717) is 11.1 Å². The zero-order valence-corrected chi connectivity index (χ0v) is 9.21. The van der Waals surface area contributed by atoms with Crippen LogP contribution < -0.4 is 5.73 Å². The van der Waals surface area contributed by atoms with Crippen molar-refractivity contribution in [2.45, 2.75) is 5.60 Å². The van der Waals surface area contributed by atoms with Crippen LogP contribution in [0.25, 0.3) is 0 Å². The Hall–Kier alpha value is -2.13. The van der Waals surface area contributed by atoms with Crippen molar-refractivity contribution < 1.29 is 9.90 Å². The van der Waals surface area contributed by atoms with Crippen LogP contribution in [0.5, 0.6) is 0 Å². The molecule has 0 bridgehead atoms. The van der Waals surface area contributed by atoms with Crippen LogP contribution in [0.3, 0.4) is 0 Å². The van der Waals surface area contributed by atoms with E-state index in [0.717, 1.165) is 0 Å². The minimum atomic E-state index is -1.78. The summed E-state index contributed by atoms with van der Waals surface area (Å²) in [4.78, 5) is 11.6. The Morgan fingerprint density at radius 3 is 1.53 bits per heavy atom. The second kappa shape index (κ2) is 4.39. The quantitative estimate of drug-likeness (QED) is 0.832. The van der Waals surface area contributed by atoms with Crippen molar-refractivity contribution in [2.75, 3.05) is 0 Å². The minimum Gasteiger partial charge on any atom is -0.372 e. The van der Waals surface area contributed by atoms with Crippen molar-refractivity contribution in [2.24, 2.45) is 5.73 Å². The Morgan fingerprint density at radius 2 is 1.24 bits per heavy atom. The highest BCUT2D eigenvalue weighted by molar-refractivity contribution is 5.88. The summed E-state index contributed by atoms with van der Waals surface area (Å²) in [7, 11) is 0. The first-order valence-corrected chi connectivity index (χ1v) is 5.29. The Kier molecular flexibility index (Phi) is 2.93. The van der Waals surface area contributed by atoms with E-state index in [1.807, 2.05) is 12.1 Å². The van der Waals surface area contributed by atoms with Crippen LogP contribution >= 0.6 is 0 Å². The average Bonchev–Trinajstić information content (AvgIpc) is 2.39. The van der Waals surface area contributed by atoms with E-state index >= 15 is 0 Å². The van der Waals surface area contributed by atoms with E-state index < -0.39 is 11.5 Å². The fourth-order valence-electron chi connectivity index (χ4n) is 1.81. The normalized spacial score (nSPS) is 11.1. The van der Waals surface area contributed by atoms with Gasteiger partial charge in [-0.2, -0.15) is 0 Å². The molecule has 0 aliphatic carbocycles. The molecule has 3 N–H and O–H groups in total. The third kappa shape index (κ3) is 1.92. The molecule has 0 heterocycles. The topological polar surface area (TPSA) is 63.3 Å². The standard InChI is InChI=1S/C14H13NO2/c15-13(16)14(17,11-7-3-1-4-8-11)12-9-5-2-6-10-12/h1-10,17H,(H2,15,16). The van der Waals surface area contributed by atoms with Gasteiger partial charge in [0.05, 0.1) is 0 Å². The number of primary amides is 1. The van der Waals surface area contributed by atoms with Gasteiger partial charge in [-0.1, -0.05) is 60.7 Å². The molecular weight excluding hydrogens is 214 g/mol. The van der Waals surface area contributed by atoms with Crippen LogP contribution in [-0.4, -0.2) is 11.0 Å². The number of hydrogen-bond acceptors (Lipinski definition) is 2. The lowest BCUT2D eigenvalue weighted by Gasteiger charge is -2.25. The molecule has 86 valence electrons. The van der Waals surface area contributed by atoms with Crippen molar-refractivity contribution in [1.82, 2.24) is 0 Å². The van der Waals surface area contributed by atoms with Gasteiger partial charge in [-0.05, 0) is 11.1 Å². The SMILES string of the molecule is NC(=O)C(O)(c1ccccc1)c1ccccc1. The second-order valence-electron chi connectivity index (χ2n) is 3.81. The fourth-order valence-corrected chi connectivity index (χ4v) is 1.81. The monoisotopic (exact) mass is 227 g/mol. The maximum atomic E-state index is 11.6. The molecule has 3 nitrogen and oxygen atoms in total. The highest BCUT2D eigenvalue weighted by Gasteiger charge is 2.37. The first-order chi connectivity index (χ1) is 8.15. The molecule has 0 atom stereocenters. The van der Waals surface area contributed by atoms with E-state index in [2.05, 4.69) is 0 Å². The van der Waals surface area contributed by atoms with Crippen LogP contribution in [0.1, 0.15) is 11.1 Å². The zero-order chi connectivity index (χ0) is 12.3. The highest BCUT2D eigenvalue weighted by atomic mass is 16.3. The average molecular weight is 227 g/mol. The lowest BCUT2D eigenvalue weighted by Crippen LogP contribution is -2.42. The highest BCUT2D eigenvalue weighted by Crippen LogP contribution is 2.28. The molecule has 0 fully saturated rings. The van der Waals surface area contributed by atoms with E-state index in [-0.39, 0.29) is 0 Å². The summed E-state index contributed by atoms with van der Waals surface area (Å²) in [6.45, 7) is 0. The number of benzene rings is 2. The number of amides is 1. The molecule has 1 amide bonds. The molecule has 0 spiro atoms. The molecule has 0 unspecified atom stereocenters. The van der Waals surface area contributed by atoms with Gasteiger partial charge >= 0.3 is 0 Å². The molecule has 2 aromatic carbocycles. The van der Waals surface area contributed by atoms with Crippen molar-refractivity contribution >= 4 is 5.91 Å². The summed E-state index contributed by atoms with van der Waals surface area (Å²) >= 11 is 0. The number of carbonyl (C=O) groups excluding carboxylic acids is 1. The first-order valence-electron chi connectivity index (χ1n) is 5.29. The van der Waals surface area contributed by atoms with E-state index in [4.69, 9.17) is 5.73 Å². The second-order valence-corrected chi connectivity index (χ2v) is 3.81. The smallest absolute Gasteiger partial charge is 0.258 e. The molecule has 0 saturated heterocycles. The lowest BCUT2D eigenvalue weighted by molar-refractivity contribution is -0.133. The molecule has 2 rings (SSSR count). The first kappa shape index (κ1) is 11.4. The summed E-state index contributed by atoms with van der Waals surface area (Å²) in [5.74, 6) is -0.782. The van der Waals surface area contributed by atoms with Crippen molar-refractivity contribution in [3.63, 3.8) is 0 Å². The Bertz CT molecular complexity index is 469. The van der Waals surface area contributed by atoms with Crippen LogP contribution in [0, 0.1) is 0 Å². The number of hydrogen-bond donors (Lipinski definition) is 2. The molecule has 2 aromatic rings. The largest absolute Gasteiger partial charge is 0.372 e. The van der Waals surface area contributed by atoms with Gasteiger partial charge in [0.1, 0.15) is 0 Å². The molecule has 3 heteroatoms. The molecular formula is C14H13NO2. The predicted molar refractivity (Wildman–Crippen MR) is 65.1 cm³/mol. The Labute approximate surface area is 99.5 Å². The lowest BCUT2D eigenvalue weighted by atomic mass is 9.86. The third-order valence-electron chi connectivity index (χ3n) is 2.74. The number of aliphatic hydroxyl groups is 1. The van der Waals surface area contributed by atoms with Crippen LogP contribution in [0.4, 0.5) is 0 Å². The van der Waals surface area contributed by atoms with Gasteiger partial charge in [-0.25, -0.2) is 0 Å². The van der Waals surface area contributed by atoms with Crippen LogP contribution in [-0.2, 0) is 10.4 Å². The van der Waals surface area contributed by atoms with Crippen molar-refractivity contribution in [1.29, 1.82) is 0 Å². The van der Waals surface area contributed by atoms with Gasteiger partial charge in [-0.3, -0.25) is 4.79 Å². The van der Waals surface area contributed by atoms with Crippen molar-refractivity contribution in [3.05, 3.63) is 71.8 Å². The van der Waals surface area contributed by atoms with Gasteiger partial charge in [0, 0.05) is 0 Å². The summed E-state index contributed by atoms with van der Waals surface area (Å²) in [5.41, 5.74) is 4.51. The maximum Gasteiger partial charge on any atom is 0.258 e. The number of rotatable bonds is 3. The maximum absolute atomic E-state index is 11.6. The van der Waals surface area contributed by atoms with Gasteiger partial charge < -0.3 is 10.8 Å². The predicted octanol–water partition coefficient (Wildman–Crippen LogP) is 1.41. The summed E-state index contributed by atoms with van der Waals surface area (Å²) in [6, 6.07) is 17.4. The summed E-state index contributed by atoms with van der Waals surface area (Å²) in [5, 5.41) is 10.6. The van der Waals surface area contributed by atoms with Crippen molar-refractivity contribution in [3.8, 4) is 0 Å². The molecule has 0 radical (unpaired) electrons. The molecule has 17 heavy (non-hydrogen) atoms. The molecule has 0 aliphatic heterocycles. The number of carbonyl (C=O) groups is 1. The summed E-state index contributed by atoms with van der Waals surface area (Å²) < 4.78 is 0. The minimum absolute atomic E-state index is 0.471. The van der Waals surface area contributed by atoms with Crippen LogP contribution in [0.15, 0.2) is 60.7 Å².